The van der Waals surface area contributed by atoms with Crippen LogP contribution in [0, 0.1) is 5.82 Å². The Hall–Kier alpha value is -1.09. The lowest BCUT2D eigenvalue weighted by atomic mass is 9.94. The SMILES string of the molecule is CC.CC.CCCCCCC.CCN(CCOc1ccc(F)cc1)C1CCCCC1. The average molecular weight is 426 g/mol. The molecule has 0 spiro atoms. The van der Waals surface area contributed by atoms with Gasteiger partial charge in [0, 0.05) is 12.6 Å². The monoisotopic (exact) mass is 425 g/mol. The fourth-order valence-electron chi connectivity index (χ4n) is 3.53. The van der Waals surface area contributed by atoms with Gasteiger partial charge >= 0.3 is 0 Å². The van der Waals surface area contributed by atoms with Crippen LogP contribution in [0.3, 0.4) is 0 Å². The molecule has 1 fully saturated rings. The highest BCUT2D eigenvalue weighted by atomic mass is 19.1. The summed E-state index contributed by atoms with van der Waals surface area (Å²) in [5.74, 6) is 0.533. The number of nitrogens with zero attached hydrogens (tertiary/aromatic N) is 1. The van der Waals surface area contributed by atoms with Crippen LogP contribution in [0.2, 0.25) is 0 Å². The molecule has 0 aromatic heterocycles. The van der Waals surface area contributed by atoms with Gasteiger partial charge in [0.15, 0.2) is 0 Å². The third kappa shape index (κ3) is 16.7. The molecular weight excluding hydrogens is 373 g/mol. The van der Waals surface area contributed by atoms with Gasteiger partial charge in [-0.15, -0.1) is 0 Å². The van der Waals surface area contributed by atoms with Crippen molar-refractivity contribution in [3.8, 4) is 5.75 Å². The van der Waals surface area contributed by atoms with E-state index in [9.17, 15) is 4.39 Å². The average Bonchev–Trinajstić information content (AvgIpc) is 2.82. The smallest absolute Gasteiger partial charge is 0.123 e. The molecule has 1 aliphatic carbocycles. The van der Waals surface area contributed by atoms with Crippen molar-refractivity contribution in [3.63, 3.8) is 0 Å². The van der Waals surface area contributed by atoms with Crippen LogP contribution in [0.4, 0.5) is 4.39 Å². The Bertz CT molecular complexity index is 425. The highest BCUT2D eigenvalue weighted by Crippen LogP contribution is 2.22. The van der Waals surface area contributed by atoms with Crippen molar-refractivity contribution in [2.45, 2.75) is 119 Å². The second kappa shape index (κ2) is 24.2. The predicted octanol–water partition coefficient (Wildman–Crippen LogP) is 8.89. The van der Waals surface area contributed by atoms with E-state index in [1.807, 2.05) is 27.7 Å². The Kier molecular flexibility index (Phi) is 25.1. The number of ether oxygens (including phenoxy) is 1. The summed E-state index contributed by atoms with van der Waals surface area (Å²) >= 11 is 0. The van der Waals surface area contributed by atoms with Crippen molar-refractivity contribution < 1.29 is 9.13 Å². The molecule has 0 saturated heterocycles. The molecule has 0 atom stereocenters. The van der Waals surface area contributed by atoms with E-state index in [0.717, 1.165) is 24.9 Å². The summed E-state index contributed by atoms with van der Waals surface area (Å²) in [5, 5.41) is 0. The van der Waals surface area contributed by atoms with E-state index in [0.29, 0.717) is 6.61 Å². The fourth-order valence-corrected chi connectivity index (χ4v) is 3.53. The van der Waals surface area contributed by atoms with Gasteiger partial charge in [-0.3, -0.25) is 4.90 Å². The molecule has 3 heteroatoms. The number of unbranched alkanes of at least 4 members (excludes halogenated alkanes) is 4. The highest BCUT2D eigenvalue weighted by molar-refractivity contribution is 5.21. The molecule has 0 heterocycles. The molecular formula is C27H52FNO. The summed E-state index contributed by atoms with van der Waals surface area (Å²) in [6.07, 6.45) is 13.8. The largest absolute Gasteiger partial charge is 0.492 e. The molecule has 30 heavy (non-hydrogen) atoms. The van der Waals surface area contributed by atoms with Crippen LogP contribution in [0.5, 0.6) is 5.75 Å². The van der Waals surface area contributed by atoms with Gasteiger partial charge in [0.2, 0.25) is 0 Å². The van der Waals surface area contributed by atoms with Crippen molar-refractivity contribution in [2.75, 3.05) is 19.7 Å². The molecule has 1 aromatic carbocycles. The maximum atomic E-state index is 12.8. The van der Waals surface area contributed by atoms with Crippen LogP contribution in [0.1, 0.15) is 113 Å². The van der Waals surface area contributed by atoms with Gasteiger partial charge in [0.05, 0.1) is 0 Å². The highest BCUT2D eigenvalue weighted by Gasteiger charge is 2.19. The van der Waals surface area contributed by atoms with Crippen molar-refractivity contribution in [2.24, 2.45) is 0 Å². The van der Waals surface area contributed by atoms with Crippen LogP contribution in [-0.2, 0) is 0 Å². The van der Waals surface area contributed by atoms with Gasteiger partial charge in [-0.25, -0.2) is 4.39 Å². The molecule has 0 bridgehead atoms. The minimum absolute atomic E-state index is 0.218. The number of hydrogen-bond acceptors (Lipinski definition) is 2. The van der Waals surface area contributed by atoms with Gasteiger partial charge in [0.1, 0.15) is 18.2 Å². The molecule has 0 aliphatic heterocycles. The van der Waals surface area contributed by atoms with Gasteiger partial charge < -0.3 is 4.74 Å². The summed E-state index contributed by atoms with van der Waals surface area (Å²) < 4.78 is 18.4. The first-order valence-corrected chi connectivity index (χ1v) is 12.8. The summed E-state index contributed by atoms with van der Waals surface area (Å²) in [6, 6.07) is 6.98. The second-order valence-electron chi connectivity index (χ2n) is 7.28. The lowest BCUT2D eigenvalue weighted by Gasteiger charge is -2.33. The Morgan fingerprint density at radius 3 is 1.83 bits per heavy atom. The molecule has 178 valence electrons. The first-order valence-electron chi connectivity index (χ1n) is 12.8. The zero-order valence-electron chi connectivity index (χ0n) is 21.3. The summed E-state index contributed by atoms with van der Waals surface area (Å²) in [7, 11) is 0. The lowest BCUT2D eigenvalue weighted by Crippen LogP contribution is -2.39. The fraction of sp³-hybridized carbons (Fsp3) is 0.778. The Balaban J connectivity index is 0. The lowest BCUT2D eigenvalue weighted by molar-refractivity contribution is 0.137. The van der Waals surface area contributed by atoms with E-state index in [1.165, 1.54) is 76.3 Å². The zero-order valence-corrected chi connectivity index (χ0v) is 21.3. The molecule has 2 rings (SSSR count). The third-order valence-electron chi connectivity index (χ3n) is 5.17. The first kappa shape index (κ1) is 31.1. The van der Waals surface area contributed by atoms with Crippen molar-refractivity contribution in [3.05, 3.63) is 30.1 Å². The molecule has 1 aromatic rings. The molecule has 0 amide bonds. The number of halogens is 1. The number of likely N-dealkylation sites (N-methyl/N-ethyl adjacent to an activating group) is 1. The molecule has 2 nitrogen and oxygen atoms in total. The molecule has 0 unspecified atom stereocenters. The molecule has 0 radical (unpaired) electrons. The maximum absolute atomic E-state index is 12.8. The van der Waals surface area contributed by atoms with Crippen LogP contribution in [0.15, 0.2) is 24.3 Å². The van der Waals surface area contributed by atoms with Gasteiger partial charge in [-0.1, -0.05) is 99.8 Å². The summed E-state index contributed by atoms with van der Waals surface area (Å²) in [5.41, 5.74) is 0. The normalized spacial score (nSPS) is 13.2. The van der Waals surface area contributed by atoms with Crippen LogP contribution >= 0.6 is 0 Å². The van der Waals surface area contributed by atoms with E-state index < -0.39 is 0 Å². The minimum Gasteiger partial charge on any atom is -0.492 e. The predicted molar refractivity (Wildman–Crippen MR) is 133 cm³/mol. The van der Waals surface area contributed by atoms with Crippen molar-refractivity contribution >= 4 is 0 Å². The van der Waals surface area contributed by atoms with Crippen molar-refractivity contribution in [1.82, 2.24) is 4.90 Å². The number of hydrogen-bond donors (Lipinski definition) is 0. The molecule has 1 saturated carbocycles. The summed E-state index contributed by atoms with van der Waals surface area (Å²) in [4.78, 5) is 2.52. The number of rotatable bonds is 10. The van der Waals surface area contributed by atoms with E-state index in [4.69, 9.17) is 4.74 Å². The Morgan fingerprint density at radius 1 is 0.833 bits per heavy atom. The van der Waals surface area contributed by atoms with Gasteiger partial charge in [-0.05, 0) is 43.7 Å². The van der Waals surface area contributed by atoms with Crippen molar-refractivity contribution in [1.29, 1.82) is 0 Å². The van der Waals surface area contributed by atoms with E-state index in [2.05, 4.69) is 25.7 Å². The Morgan fingerprint density at radius 2 is 1.37 bits per heavy atom. The Labute approximate surface area is 188 Å². The topological polar surface area (TPSA) is 12.5 Å². The van der Waals surface area contributed by atoms with Crippen LogP contribution < -0.4 is 4.74 Å². The molecule has 0 N–H and O–H groups in total. The zero-order chi connectivity index (χ0) is 23.0. The van der Waals surface area contributed by atoms with Gasteiger partial charge in [-0.2, -0.15) is 0 Å². The van der Waals surface area contributed by atoms with Gasteiger partial charge in [0.25, 0.3) is 0 Å². The van der Waals surface area contributed by atoms with Crippen LogP contribution in [-0.4, -0.2) is 30.6 Å². The molecule has 1 aliphatic rings. The third-order valence-corrected chi connectivity index (χ3v) is 5.17. The second-order valence-corrected chi connectivity index (χ2v) is 7.28. The van der Waals surface area contributed by atoms with E-state index in [1.54, 1.807) is 12.1 Å². The maximum Gasteiger partial charge on any atom is 0.123 e. The minimum atomic E-state index is -0.218. The number of benzene rings is 1. The van der Waals surface area contributed by atoms with Crippen LogP contribution in [0.25, 0.3) is 0 Å². The summed E-state index contributed by atoms with van der Waals surface area (Å²) in [6.45, 7) is 17.4. The van der Waals surface area contributed by atoms with E-state index in [-0.39, 0.29) is 5.82 Å². The first-order chi connectivity index (χ1) is 14.7. The quantitative estimate of drug-likeness (QED) is 0.347. The standard InChI is InChI=1S/C16H24FNO.C7H16.2C2H6/c1-2-18(15-6-4-3-5-7-15)12-13-19-16-10-8-14(17)9-11-16;1-3-5-7-6-4-2;2*1-2/h8-11,15H,2-7,12-13H2,1H3;3-7H2,1-2H3;2*1-2H3. The van der Waals surface area contributed by atoms with E-state index >= 15 is 0 Å².